The highest BCUT2D eigenvalue weighted by Crippen LogP contribution is 2.48. The molecule has 2 aromatic rings. The Balaban J connectivity index is 1.15. The predicted molar refractivity (Wildman–Crippen MR) is 145 cm³/mol. The van der Waals surface area contributed by atoms with E-state index in [0.717, 1.165) is 17.5 Å². The topological polar surface area (TPSA) is 93.3 Å². The second-order valence-corrected chi connectivity index (χ2v) is 11.5. The van der Waals surface area contributed by atoms with Crippen LogP contribution in [0.15, 0.2) is 60.7 Å². The van der Waals surface area contributed by atoms with Crippen molar-refractivity contribution in [2.24, 2.45) is 0 Å². The largest absolute Gasteiger partial charge is 0.342 e. The first-order valence-electron chi connectivity index (χ1n) is 13.8. The fraction of sp³-hybridized carbons (Fsp3) is 0.467. The molecule has 1 aliphatic carbocycles. The van der Waals surface area contributed by atoms with Crippen molar-refractivity contribution in [2.45, 2.75) is 56.1 Å². The maximum Gasteiger partial charge on any atom is 0.328 e. The minimum absolute atomic E-state index is 0.0281. The molecular formula is C30H35N5O4. The van der Waals surface area contributed by atoms with Crippen molar-refractivity contribution in [1.29, 1.82) is 0 Å². The molecule has 9 heteroatoms. The third-order valence-corrected chi connectivity index (χ3v) is 9.00. The lowest BCUT2D eigenvalue weighted by Crippen LogP contribution is -2.64. The number of hydrogen-bond donors (Lipinski definition) is 1. The van der Waals surface area contributed by atoms with E-state index in [-0.39, 0.29) is 54.3 Å². The summed E-state index contributed by atoms with van der Waals surface area (Å²) in [6.45, 7) is 5.33. The van der Waals surface area contributed by atoms with Crippen LogP contribution in [-0.2, 0) is 9.59 Å². The summed E-state index contributed by atoms with van der Waals surface area (Å²) in [5.74, 6) is -0.0480. The van der Waals surface area contributed by atoms with E-state index >= 15 is 0 Å². The molecule has 2 aromatic carbocycles. The van der Waals surface area contributed by atoms with Gasteiger partial charge in [-0.3, -0.25) is 14.5 Å². The highest BCUT2D eigenvalue weighted by atomic mass is 16.2. The molecule has 0 spiro atoms. The Kier molecular flexibility index (Phi) is 6.32. The van der Waals surface area contributed by atoms with Crippen LogP contribution in [0.5, 0.6) is 0 Å². The summed E-state index contributed by atoms with van der Waals surface area (Å²) in [7, 11) is 0. The third kappa shape index (κ3) is 4.43. The number of amides is 6. The van der Waals surface area contributed by atoms with Gasteiger partial charge in [-0.1, -0.05) is 60.7 Å². The Hall–Kier alpha value is -3.88. The summed E-state index contributed by atoms with van der Waals surface area (Å²) < 4.78 is 0. The van der Waals surface area contributed by atoms with Crippen LogP contribution in [0.3, 0.4) is 0 Å². The van der Waals surface area contributed by atoms with E-state index in [9.17, 15) is 19.2 Å². The van der Waals surface area contributed by atoms with E-state index in [0.29, 0.717) is 32.6 Å². The van der Waals surface area contributed by atoms with Gasteiger partial charge >= 0.3 is 12.1 Å². The third-order valence-electron chi connectivity index (χ3n) is 9.00. The molecule has 3 saturated heterocycles. The Morgan fingerprint density at radius 1 is 0.872 bits per heavy atom. The van der Waals surface area contributed by atoms with Crippen LogP contribution in [-0.4, -0.2) is 93.8 Å². The first kappa shape index (κ1) is 25.4. The van der Waals surface area contributed by atoms with Gasteiger partial charge in [-0.15, -0.1) is 0 Å². The number of rotatable bonds is 4. The van der Waals surface area contributed by atoms with Crippen molar-refractivity contribution in [3.05, 3.63) is 71.8 Å². The number of nitrogens with zero attached hydrogens (tertiary/aromatic N) is 4. The second-order valence-electron chi connectivity index (χ2n) is 11.5. The number of hydrogen-bond acceptors (Lipinski definition) is 4. The molecule has 0 radical (unpaired) electrons. The zero-order valence-corrected chi connectivity index (χ0v) is 22.5. The van der Waals surface area contributed by atoms with Crippen LogP contribution in [0.2, 0.25) is 0 Å². The fourth-order valence-electron chi connectivity index (χ4n) is 6.66. The number of benzene rings is 2. The molecule has 3 aliphatic heterocycles. The molecule has 3 heterocycles. The number of nitrogens with one attached hydrogen (secondary N) is 1. The standard InChI is InChI=1S/C30H35N5O4/c1-20(36)32-14-13-25(24(18-32)22-11-7-4-8-12-22)31-28(38)33-15-16-34-29(39)35(27(37)30(34,2)19-33)26-17-23(26)21-9-5-3-6-10-21/h3-12,23-26H,13-19H2,1-2H3,(H,31,38)/t23-,24+,25-,26+,30+/m1/s1. The van der Waals surface area contributed by atoms with Gasteiger partial charge in [0.1, 0.15) is 5.54 Å². The quantitative estimate of drug-likeness (QED) is 0.617. The van der Waals surface area contributed by atoms with Gasteiger partial charge in [0.2, 0.25) is 5.91 Å². The van der Waals surface area contributed by atoms with E-state index < -0.39 is 5.54 Å². The molecule has 204 valence electrons. The monoisotopic (exact) mass is 529 g/mol. The molecule has 1 N–H and O–H groups in total. The van der Waals surface area contributed by atoms with Gasteiger partial charge in [-0.05, 0) is 30.9 Å². The average molecular weight is 530 g/mol. The number of fused-ring (bicyclic) bond motifs is 1. The number of piperidine rings is 1. The Labute approximate surface area is 228 Å². The van der Waals surface area contributed by atoms with Crippen molar-refractivity contribution < 1.29 is 19.2 Å². The van der Waals surface area contributed by atoms with Crippen molar-refractivity contribution in [2.75, 3.05) is 32.7 Å². The molecule has 0 bridgehead atoms. The Morgan fingerprint density at radius 2 is 1.51 bits per heavy atom. The summed E-state index contributed by atoms with van der Waals surface area (Å²) >= 11 is 0. The minimum Gasteiger partial charge on any atom is -0.342 e. The molecule has 9 nitrogen and oxygen atoms in total. The molecule has 0 aromatic heterocycles. The van der Waals surface area contributed by atoms with Crippen molar-refractivity contribution in [1.82, 2.24) is 24.9 Å². The van der Waals surface area contributed by atoms with Crippen LogP contribution in [0.25, 0.3) is 0 Å². The van der Waals surface area contributed by atoms with Gasteiger partial charge in [0.25, 0.3) is 5.91 Å². The van der Waals surface area contributed by atoms with Crippen LogP contribution in [0, 0.1) is 0 Å². The van der Waals surface area contributed by atoms with Crippen molar-refractivity contribution in [3.8, 4) is 0 Å². The molecular weight excluding hydrogens is 494 g/mol. The van der Waals surface area contributed by atoms with Crippen molar-refractivity contribution >= 4 is 23.9 Å². The van der Waals surface area contributed by atoms with E-state index in [1.54, 1.807) is 23.6 Å². The molecule has 39 heavy (non-hydrogen) atoms. The summed E-state index contributed by atoms with van der Waals surface area (Å²) in [5.41, 5.74) is 1.14. The predicted octanol–water partition coefficient (Wildman–Crippen LogP) is 3.00. The number of piperazine rings is 1. The summed E-state index contributed by atoms with van der Waals surface area (Å²) in [6, 6.07) is 19.2. The summed E-state index contributed by atoms with van der Waals surface area (Å²) in [5, 5.41) is 3.22. The number of carbonyl (C=O) groups excluding carboxylic acids is 4. The van der Waals surface area contributed by atoms with E-state index in [1.807, 2.05) is 65.6 Å². The molecule has 5 atom stereocenters. The summed E-state index contributed by atoms with van der Waals surface area (Å²) in [4.78, 5) is 59.3. The molecule has 1 saturated carbocycles. The lowest BCUT2D eigenvalue weighted by atomic mass is 9.86. The SMILES string of the molecule is CC(=O)N1CC[C@@H](NC(=O)N2CCN3C(=O)N([C@H]4C[C@@H]4c4ccccc4)C(=O)[C@]3(C)C2)[C@H](c2ccccc2)C1. The molecule has 6 amide bonds. The van der Waals surface area contributed by atoms with E-state index in [2.05, 4.69) is 5.32 Å². The van der Waals surface area contributed by atoms with E-state index in [4.69, 9.17) is 0 Å². The minimum atomic E-state index is -1.08. The van der Waals surface area contributed by atoms with Gasteiger partial charge in [-0.25, -0.2) is 9.59 Å². The first-order valence-corrected chi connectivity index (χ1v) is 13.8. The smallest absolute Gasteiger partial charge is 0.328 e. The normalized spacial score (nSPS) is 30.3. The van der Waals surface area contributed by atoms with E-state index in [1.165, 1.54) is 4.90 Å². The molecule has 4 fully saturated rings. The number of carbonyl (C=O) groups is 4. The maximum atomic E-state index is 13.7. The molecule has 0 unspecified atom stereocenters. The van der Waals surface area contributed by atoms with Gasteiger partial charge in [0.05, 0.1) is 6.54 Å². The Morgan fingerprint density at radius 3 is 2.15 bits per heavy atom. The zero-order chi connectivity index (χ0) is 27.3. The van der Waals surface area contributed by atoms with Crippen LogP contribution < -0.4 is 5.32 Å². The van der Waals surface area contributed by atoms with Crippen LogP contribution in [0.4, 0.5) is 9.59 Å². The second kappa shape index (κ2) is 9.70. The van der Waals surface area contributed by atoms with Gasteiger partial charge in [-0.2, -0.15) is 0 Å². The highest BCUT2D eigenvalue weighted by Gasteiger charge is 2.62. The van der Waals surface area contributed by atoms with Gasteiger partial charge in [0, 0.05) is 57.0 Å². The number of urea groups is 2. The number of likely N-dealkylation sites (tertiary alicyclic amines) is 1. The number of imide groups is 1. The highest BCUT2D eigenvalue weighted by molar-refractivity contribution is 6.08. The first-order chi connectivity index (χ1) is 18.8. The van der Waals surface area contributed by atoms with Crippen LogP contribution >= 0.6 is 0 Å². The van der Waals surface area contributed by atoms with Gasteiger partial charge in [0.15, 0.2) is 0 Å². The average Bonchev–Trinajstić information content (AvgIpc) is 3.70. The Bertz CT molecular complexity index is 1290. The van der Waals surface area contributed by atoms with Crippen LogP contribution in [0.1, 0.15) is 49.7 Å². The summed E-state index contributed by atoms with van der Waals surface area (Å²) in [6.07, 6.45) is 1.42. The van der Waals surface area contributed by atoms with Gasteiger partial charge < -0.3 is 20.0 Å². The van der Waals surface area contributed by atoms with Crippen molar-refractivity contribution in [3.63, 3.8) is 0 Å². The lowest BCUT2D eigenvalue weighted by molar-refractivity contribution is -0.134. The zero-order valence-electron chi connectivity index (χ0n) is 22.5. The molecule has 6 rings (SSSR count). The molecule has 4 aliphatic rings. The maximum absolute atomic E-state index is 13.7. The lowest BCUT2D eigenvalue weighted by Gasteiger charge is -2.44. The fourth-order valence-corrected chi connectivity index (χ4v) is 6.66.